The lowest BCUT2D eigenvalue weighted by Crippen LogP contribution is -2.36. The smallest absolute Gasteiger partial charge is 0.160 e. The third-order valence-electron chi connectivity index (χ3n) is 3.23. The fraction of sp³-hybridized carbons (Fsp3) is 0.500. The summed E-state index contributed by atoms with van der Waals surface area (Å²) in [5, 5.41) is 4.38. The van der Waals surface area contributed by atoms with Crippen molar-refractivity contribution in [3.05, 3.63) is 23.8 Å². The summed E-state index contributed by atoms with van der Waals surface area (Å²) in [5.74, 6) is 0. The van der Waals surface area contributed by atoms with Gasteiger partial charge >= 0.3 is 0 Å². The van der Waals surface area contributed by atoms with E-state index in [0.29, 0.717) is 0 Å². The number of aliphatic imine (C=N–C) groups is 1. The monoisotopic (exact) mass is 407 g/mol. The molecule has 1 aromatic rings. The molecule has 0 atom stereocenters. The van der Waals surface area contributed by atoms with Crippen molar-refractivity contribution in [3.63, 3.8) is 0 Å². The standard InChI is InChI=1S/C14H21N3OS.HI/c1-11-5-4-6-12(17-7-9-18-10-8-17)13(11)16-14(15-2)19-3;/h4-6H,7-10H2,1-3H3,(H,15,16);1H. The van der Waals surface area contributed by atoms with Crippen LogP contribution in [0.15, 0.2) is 23.2 Å². The number of rotatable bonds is 2. The fourth-order valence-electron chi connectivity index (χ4n) is 2.19. The molecule has 2 rings (SSSR count). The van der Waals surface area contributed by atoms with Crippen molar-refractivity contribution < 1.29 is 4.74 Å². The topological polar surface area (TPSA) is 36.9 Å². The van der Waals surface area contributed by atoms with Gasteiger partial charge in [-0.1, -0.05) is 23.9 Å². The maximum atomic E-state index is 5.42. The zero-order valence-corrected chi connectivity index (χ0v) is 15.3. The lowest BCUT2D eigenvalue weighted by Gasteiger charge is -2.31. The van der Waals surface area contributed by atoms with Crippen LogP contribution < -0.4 is 10.2 Å². The van der Waals surface area contributed by atoms with Gasteiger partial charge in [0.2, 0.25) is 0 Å². The van der Waals surface area contributed by atoms with Crippen molar-refractivity contribution in [1.82, 2.24) is 0 Å². The van der Waals surface area contributed by atoms with Gasteiger partial charge in [-0.15, -0.1) is 24.0 Å². The average molecular weight is 407 g/mol. The molecule has 1 saturated heterocycles. The molecule has 1 aromatic carbocycles. The molecule has 6 heteroatoms. The Hall–Kier alpha value is -0.470. The Kier molecular flexibility index (Phi) is 7.68. The zero-order valence-electron chi connectivity index (χ0n) is 12.2. The number of amidine groups is 1. The van der Waals surface area contributed by atoms with E-state index in [4.69, 9.17) is 4.74 Å². The summed E-state index contributed by atoms with van der Waals surface area (Å²) in [6.45, 7) is 5.60. The molecule has 0 aliphatic carbocycles. The maximum Gasteiger partial charge on any atom is 0.160 e. The highest BCUT2D eigenvalue weighted by molar-refractivity contribution is 14.0. The van der Waals surface area contributed by atoms with E-state index in [1.54, 1.807) is 11.8 Å². The van der Waals surface area contributed by atoms with E-state index in [2.05, 4.69) is 40.3 Å². The van der Waals surface area contributed by atoms with Crippen LogP contribution in [0.5, 0.6) is 0 Å². The van der Waals surface area contributed by atoms with Gasteiger partial charge in [0.15, 0.2) is 5.17 Å². The fourth-order valence-corrected chi connectivity index (χ4v) is 2.57. The van der Waals surface area contributed by atoms with Gasteiger partial charge in [-0.25, -0.2) is 0 Å². The number of halogens is 1. The van der Waals surface area contributed by atoms with E-state index in [-0.39, 0.29) is 24.0 Å². The van der Waals surface area contributed by atoms with Gasteiger partial charge in [-0.05, 0) is 24.8 Å². The zero-order chi connectivity index (χ0) is 13.7. The highest BCUT2D eigenvalue weighted by Crippen LogP contribution is 2.30. The minimum atomic E-state index is 0. The van der Waals surface area contributed by atoms with Gasteiger partial charge in [0.05, 0.1) is 24.6 Å². The second-order valence-electron chi connectivity index (χ2n) is 4.43. The molecule has 1 fully saturated rings. The van der Waals surface area contributed by atoms with Crippen LogP contribution in [0, 0.1) is 6.92 Å². The minimum absolute atomic E-state index is 0. The van der Waals surface area contributed by atoms with Gasteiger partial charge in [0.25, 0.3) is 0 Å². The van der Waals surface area contributed by atoms with Crippen LogP contribution in [0.4, 0.5) is 11.4 Å². The normalized spacial score (nSPS) is 15.8. The Morgan fingerprint density at radius 2 is 2.05 bits per heavy atom. The van der Waals surface area contributed by atoms with Crippen LogP contribution in [-0.2, 0) is 4.74 Å². The molecule has 1 N–H and O–H groups in total. The number of aryl methyl sites for hydroxylation is 1. The maximum absolute atomic E-state index is 5.42. The number of hydrogen-bond donors (Lipinski definition) is 1. The predicted octanol–water partition coefficient (Wildman–Crippen LogP) is 3.21. The molecule has 0 spiro atoms. The second kappa shape index (κ2) is 8.74. The van der Waals surface area contributed by atoms with Crippen LogP contribution in [0.2, 0.25) is 0 Å². The quantitative estimate of drug-likeness (QED) is 0.464. The van der Waals surface area contributed by atoms with Gasteiger partial charge in [0.1, 0.15) is 0 Å². The summed E-state index contributed by atoms with van der Waals surface area (Å²) in [5.41, 5.74) is 3.62. The third-order valence-corrected chi connectivity index (χ3v) is 3.90. The van der Waals surface area contributed by atoms with E-state index in [9.17, 15) is 0 Å². The first-order valence-electron chi connectivity index (χ1n) is 6.46. The Balaban J connectivity index is 0.00000200. The Morgan fingerprint density at radius 3 is 2.65 bits per heavy atom. The Labute approximate surface area is 142 Å². The van der Waals surface area contributed by atoms with Crippen molar-refractivity contribution in [2.24, 2.45) is 4.99 Å². The first kappa shape index (κ1) is 17.6. The van der Waals surface area contributed by atoms with E-state index in [1.807, 2.05) is 13.3 Å². The lowest BCUT2D eigenvalue weighted by molar-refractivity contribution is 0.123. The molecule has 0 unspecified atom stereocenters. The molecule has 0 saturated carbocycles. The van der Waals surface area contributed by atoms with Gasteiger partial charge in [0, 0.05) is 20.1 Å². The minimum Gasteiger partial charge on any atom is -0.378 e. The Bertz CT molecular complexity index is 462. The van der Waals surface area contributed by atoms with Crippen molar-refractivity contribution >= 4 is 52.3 Å². The number of thioether (sulfide) groups is 1. The number of anilines is 2. The third kappa shape index (κ3) is 4.26. The molecule has 4 nitrogen and oxygen atoms in total. The molecule has 1 heterocycles. The van der Waals surface area contributed by atoms with Crippen molar-refractivity contribution in [3.8, 4) is 0 Å². The lowest BCUT2D eigenvalue weighted by atomic mass is 10.1. The molecule has 112 valence electrons. The second-order valence-corrected chi connectivity index (χ2v) is 5.22. The highest BCUT2D eigenvalue weighted by Gasteiger charge is 2.16. The number of benzene rings is 1. The molecule has 1 aliphatic rings. The molecule has 1 aliphatic heterocycles. The SMILES string of the molecule is C/N=C(/Nc1c(C)cccc1N1CCOCC1)SC.I. The number of para-hydroxylation sites is 1. The summed E-state index contributed by atoms with van der Waals surface area (Å²) in [7, 11) is 1.81. The van der Waals surface area contributed by atoms with Crippen molar-refractivity contribution in [1.29, 1.82) is 0 Å². The van der Waals surface area contributed by atoms with Gasteiger partial charge < -0.3 is 15.0 Å². The number of morpholine rings is 1. The number of nitrogens with one attached hydrogen (secondary N) is 1. The van der Waals surface area contributed by atoms with Gasteiger partial charge in [-0.2, -0.15) is 0 Å². The molecule has 0 bridgehead atoms. The van der Waals surface area contributed by atoms with E-state index < -0.39 is 0 Å². The number of hydrogen-bond acceptors (Lipinski definition) is 4. The molecular formula is C14H22IN3OS. The van der Waals surface area contributed by atoms with Crippen LogP contribution in [0.1, 0.15) is 5.56 Å². The largest absolute Gasteiger partial charge is 0.378 e. The Morgan fingerprint density at radius 1 is 1.35 bits per heavy atom. The molecule has 20 heavy (non-hydrogen) atoms. The average Bonchev–Trinajstić information content (AvgIpc) is 2.47. The van der Waals surface area contributed by atoms with E-state index in [1.165, 1.54) is 11.3 Å². The first-order valence-corrected chi connectivity index (χ1v) is 7.69. The van der Waals surface area contributed by atoms with Crippen molar-refractivity contribution in [2.75, 3.05) is 49.8 Å². The summed E-state index contributed by atoms with van der Waals surface area (Å²) < 4.78 is 5.42. The highest BCUT2D eigenvalue weighted by atomic mass is 127. The van der Waals surface area contributed by atoms with Gasteiger partial charge in [-0.3, -0.25) is 4.99 Å². The van der Waals surface area contributed by atoms with E-state index >= 15 is 0 Å². The number of nitrogens with zero attached hydrogens (tertiary/aromatic N) is 2. The molecular weight excluding hydrogens is 385 g/mol. The summed E-state index contributed by atoms with van der Waals surface area (Å²) in [4.78, 5) is 6.62. The summed E-state index contributed by atoms with van der Waals surface area (Å²) >= 11 is 1.62. The van der Waals surface area contributed by atoms with Crippen LogP contribution in [0.3, 0.4) is 0 Å². The van der Waals surface area contributed by atoms with E-state index in [0.717, 1.165) is 37.2 Å². The first-order chi connectivity index (χ1) is 9.26. The summed E-state index contributed by atoms with van der Waals surface area (Å²) in [6, 6.07) is 6.39. The molecule has 0 radical (unpaired) electrons. The molecule has 0 amide bonds. The van der Waals surface area contributed by atoms with Crippen LogP contribution in [0.25, 0.3) is 0 Å². The van der Waals surface area contributed by atoms with Crippen molar-refractivity contribution in [2.45, 2.75) is 6.92 Å². The number of ether oxygens (including phenoxy) is 1. The summed E-state index contributed by atoms with van der Waals surface area (Å²) in [6.07, 6.45) is 2.03. The van der Waals surface area contributed by atoms with Crippen LogP contribution in [-0.4, -0.2) is 44.8 Å². The molecule has 0 aromatic heterocycles. The van der Waals surface area contributed by atoms with Crippen LogP contribution >= 0.6 is 35.7 Å². The predicted molar refractivity (Wildman–Crippen MR) is 100 cm³/mol.